The van der Waals surface area contributed by atoms with Crippen molar-refractivity contribution in [3.05, 3.63) is 56.1 Å². The highest BCUT2D eigenvalue weighted by molar-refractivity contribution is 7.17. The summed E-state index contributed by atoms with van der Waals surface area (Å²) in [7, 11) is 0. The minimum atomic E-state index is -0.509. The van der Waals surface area contributed by atoms with Crippen LogP contribution in [0.4, 0.5) is 10.7 Å². The molecule has 0 spiro atoms. The summed E-state index contributed by atoms with van der Waals surface area (Å²) < 4.78 is 5.47. The van der Waals surface area contributed by atoms with Crippen LogP contribution in [0.15, 0.2) is 30.3 Å². The van der Waals surface area contributed by atoms with Crippen molar-refractivity contribution in [1.82, 2.24) is 0 Å². The Balaban J connectivity index is 2.21. The number of nitro benzene ring substituents is 1. The lowest BCUT2D eigenvalue weighted by Crippen LogP contribution is -1.88. The number of hydrogen-bond donors (Lipinski definition) is 0. The van der Waals surface area contributed by atoms with Gasteiger partial charge in [-0.1, -0.05) is 0 Å². The van der Waals surface area contributed by atoms with Gasteiger partial charge in [0, 0.05) is 23.8 Å². The molecular weight excluding hydrogens is 272 g/mol. The number of hydrogen-bond acceptors (Lipinski definition) is 6. The highest BCUT2D eigenvalue weighted by atomic mass is 32.1. The van der Waals surface area contributed by atoms with Crippen LogP contribution in [0.25, 0.3) is 0 Å². The number of non-ortho nitro benzene ring substituents is 1. The van der Waals surface area contributed by atoms with Crippen LogP contribution in [-0.2, 0) is 0 Å². The number of rotatable bonds is 4. The Hall–Kier alpha value is -2.48. The zero-order valence-electron chi connectivity index (χ0n) is 9.73. The van der Waals surface area contributed by atoms with E-state index in [1.165, 1.54) is 30.3 Å². The smallest absolute Gasteiger partial charge is 0.327 e. The number of ether oxygens (including phenoxy) is 1. The van der Waals surface area contributed by atoms with Gasteiger partial charge in [-0.25, -0.2) is 0 Å². The van der Waals surface area contributed by atoms with Crippen LogP contribution in [0.3, 0.4) is 0 Å². The molecule has 0 amide bonds. The van der Waals surface area contributed by atoms with Crippen molar-refractivity contribution < 1.29 is 14.6 Å². The molecule has 0 atom stereocenters. The van der Waals surface area contributed by atoms with E-state index in [4.69, 9.17) is 4.74 Å². The Morgan fingerprint density at radius 3 is 2.21 bits per heavy atom. The highest BCUT2D eigenvalue weighted by Gasteiger charge is 2.16. The number of thiophene rings is 1. The van der Waals surface area contributed by atoms with E-state index in [0.717, 1.165) is 11.3 Å². The summed E-state index contributed by atoms with van der Waals surface area (Å²) in [5.74, 6) is 0.394. The Morgan fingerprint density at radius 1 is 1.11 bits per heavy atom. The SMILES string of the molecule is Cc1cc([N+](=O)[O-])sc1Oc1ccc([N+](=O)[O-])cc1. The Morgan fingerprint density at radius 2 is 1.74 bits per heavy atom. The van der Waals surface area contributed by atoms with Gasteiger partial charge in [0.1, 0.15) is 5.75 Å². The van der Waals surface area contributed by atoms with Crippen LogP contribution in [0.1, 0.15) is 5.56 Å². The molecule has 1 aromatic carbocycles. The number of nitro groups is 2. The lowest BCUT2D eigenvalue weighted by molar-refractivity contribution is -0.384. The van der Waals surface area contributed by atoms with E-state index in [1.54, 1.807) is 6.92 Å². The zero-order chi connectivity index (χ0) is 14.0. The number of benzene rings is 1. The molecule has 98 valence electrons. The van der Waals surface area contributed by atoms with E-state index in [9.17, 15) is 20.2 Å². The summed E-state index contributed by atoms with van der Waals surface area (Å²) in [6.45, 7) is 1.70. The Labute approximate surface area is 111 Å². The minimum absolute atomic E-state index is 0.00517. The molecule has 0 aliphatic rings. The maximum absolute atomic E-state index is 10.6. The molecule has 0 aliphatic heterocycles. The lowest BCUT2D eigenvalue weighted by atomic mass is 10.3. The van der Waals surface area contributed by atoms with Gasteiger partial charge in [0.2, 0.25) is 0 Å². The molecule has 7 nitrogen and oxygen atoms in total. The van der Waals surface area contributed by atoms with Gasteiger partial charge in [-0.2, -0.15) is 0 Å². The van der Waals surface area contributed by atoms with Crippen molar-refractivity contribution >= 4 is 22.0 Å². The molecule has 1 heterocycles. The highest BCUT2D eigenvalue weighted by Crippen LogP contribution is 2.38. The third kappa shape index (κ3) is 2.86. The standard InChI is InChI=1S/C11H8N2O5S/c1-7-6-10(13(16)17)19-11(7)18-9-4-2-8(3-5-9)12(14)15/h2-6H,1H3. The fourth-order valence-corrected chi connectivity index (χ4v) is 2.24. The van der Waals surface area contributed by atoms with Crippen LogP contribution in [0.5, 0.6) is 10.8 Å². The molecule has 19 heavy (non-hydrogen) atoms. The van der Waals surface area contributed by atoms with Gasteiger partial charge in [-0.05, 0) is 30.4 Å². The summed E-state index contributed by atoms with van der Waals surface area (Å²) in [6, 6.07) is 6.94. The van der Waals surface area contributed by atoms with Crippen molar-refractivity contribution in [3.8, 4) is 10.8 Å². The van der Waals surface area contributed by atoms with Crippen molar-refractivity contribution in [2.24, 2.45) is 0 Å². The Kier molecular flexibility index (Phi) is 3.43. The fraction of sp³-hybridized carbons (Fsp3) is 0.0909. The van der Waals surface area contributed by atoms with E-state index in [2.05, 4.69) is 0 Å². The third-order valence-electron chi connectivity index (χ3n) is 2.30. The molecule has 1 aromatic heterocycles. The summed E-state index contributed by atoms with van der Waals surface area (Å²) in [5.41, 5.74) is 0.608. The van der Waals surface area contributed by atoms with E-state index >= 15 is 0 Å². The summed E-state index contributed by atoms with van der Waals surface area (Å²) in [5, 5.41) is 21.5. The average molecular weight is 280 g/mol. The molecule has 0 radical (unpaired) electrons. The normalized spacial score (nSPS) is 10.2. The minimum Gasteiger partial charge on any atom is -0.446 e. The monoisotopic (exact) mass is 280 g/mol. The molecule has 2 rings (SSSR count). The van der Waals surface area contributed by atoms with Crippen LogP contribution >= 0.6 is 11.3 Å². The molecule has 8 heteroatoms. The first-order chi connectivity index (χ1) is 8.97. The maximum Gasteiger partial charge on any atom is 0.327 e. The first kappa shape index (κ1) is 13.0. The van der Waals surface area contributed by atoms with Crippen molar-refractivity contribution in [2.45, 2.75) is 6.92 Å². The van der Waals surface area contributed by atoms with Gasteiger partial charge < -0.3 is 4.74 Å². The van der Waals surface area contributed by atoms with Gasteiger partial charge in [0.15, 0.2) is 5.06 Å². The topological polar surface area (TPSA) is 95.5 Å². The van der Waals surface area contributed by atoms with E-state index in [-0.39, 0.29) is 10.7 Å². The van der Waals surface area contributed by atoms with Crippen LogP contribution < -0.4 is 4.74 Å². The lowest BCUT2D eigenvalue weighted by Gasteiger charge is -2.02. The first-order valence-corrected chi connectivity index (χ1v) is 5.96. The van der Waals surface area contributed by atoms with E-state index < -0.39 is 9.85 Å². The summed E-state index contributed by atoms with van der Waals surface area (Å²) in [4.78, 5) is 20.1. The molecule has 0 saturated heterocycles. The van der Waals surface area contributed by atoms with Crippen LogP contribution in [-0.4, -0.2) is 9.85 Å². The molecule has 0 bridgehead atoms. The van der Waals surface area contributed by atoms with E-state index in [0.29, 0.717) is 16.4 Å². The predicted molar refractivity (Wildman–Crippen MR) is 68.9 cm³/mol. The Bertz CT molecular complexity index is 635. The zero-order valence-corrected chi connectivity index (χ0v) is 10.5. The molecule has 0 unspecified atom stereocenters. The first-order valence-electron chi connectivity index (χ1n) is 5.14. The van der Waals surface area contributed by atoms with Crippen molar-refractivity contribution in [3.63, 3.8) is 0 Å². The predicted octanol–water partition coefficient (Wildman–Crippen LogP) is 3.67. The van der Waals surface area contributed by atoms with Gasteiger partial charge in [-0.3, -0.25) is 20.2 Å². The number of nitrogens with zero attached hydrogens (tertiary/aromatic N) is 2. The quantitative estimate of drug-likeness (QED) is 0.629. The van der Waals surface area contributed by atoms with Gasteiger partial charge in [0.05, 0.1) is 9.85 Å². The third-order valence-corrected chi connectivity index (χ3v) is 3.36. The summed E-state index contributed by atoms with van der Waals surface area (Å²) >= 11 is 0.918. The van der Waals surface area contributed by atoms with Crippen LogP contribution in [0.2, 0.25) is 0 Å². The largest absolute Gasteiger partial charge is 0.446 e. The van der Waals surface area contributed by atoms with Gasteiger partial charge in [-0.15, -0.1) is 0 Å². The molecule has 0 aliphatic carbocycles. The maximum atomic E-state index is 10.6. The van der Waals surface area contributed by atoms with Gasteiger partial charge >= 0.3 is 5.00 Å². The van der Waals surface area contributed by atoms with E-state index in [1.807, 2.05) is 0 Å². The van der Waals surface area contributed by atoms with Gasteiger partial charge in [0.25, 0.3) is 5.69 Å². The van der Waals surface area contributed by atoms with Crippen molar-refractivity contribution in [2.75, 3.05) is 0 Å². The average Bonchev–Trinajstić information content (AvgIpc) is 2.72. The molecule has 0 N–H and O–H groups in total. The molecule has 0 saturated carbocycles. The summed E-state index contributed by atoms with van der Waals surface area (Å²) in [6.07, 6.45) is 0. The fourth-order valence-electron chi connectivity index (χ4n) is 1.38. The second-order valence-electron chi connectivity index (χ2n) is 3.67. The molecule has 2 aromatic rings. The van der Waals surface area contributed by atoms with Crippen LogP contribution in [0, 0.1) is 27.2 Å². The number of aryl methyl sites for hydroxylation is 1. The second kappa shape index (κ2) is 5.02. The second-order valence-corrected chi connectivity index (χ2v) is 4.66. The molecular formula is C11H8N2O5S. The van der Waals surface area contributed by atoms with Crippen molar-refractivity contribution in [1.29, 1.82) is 0 Å². The molecule has 0 fully saturated rings.